The van der Waals surface area contributed by atoms with Gasteiger partial charge in [0.2, 0.25) is 0 Å². The first-order valence-corrected chi connectivity index (χ1v) is 6.64. The Bertz CT molecular complexity index is 294. The van der Waals surface area contributed by atoms with Crippen LogP contribution in [-0.2, 0) is 5.88 Å². The zero-order chi connectivity index (χ0) is 12.0. The molecule has 0 bridgehead atoms. The van der Waals surface area contributed by atoms with E-state index in [2.05, 4.69) is 49.9 Å². The highest BCUT2D eigenvalue weighted by molar-refractivity contribution is 6.17. The van der Waals surface area contributed by atoms with E-state index < -0.39 is 0 Å². The van der Waals surface area contributed by atoms with Gasteiger partial charge in [0, 0.05) is 24.7 Å². The number of alkyl halides is 1. The SMILES string of the molecule is CCC(C)CN(CC)c1ccc(CCl)cc1. The Morgan fingerprint density at radius 2 is 1.81 bits per heavy atom. The summed E-state index contributed by atoms with van der Waals surface area (Å²) < 4.78 is 0. The number of anilines is 1. The molecule has 0 heterocycles. The smallest absolute Gasteiger partial charge is 0.0474 e. The summed E-state index contributed by atoms with van der Waals surface area (Å²) in [5.41, 5.74) is 2.49. The summed E-state index contributed by atoms with van der Waals surface area (Å²) in [6, 6.07) is 8.57. The van der Waals surface area contributed by atoms with Gasteiger partial charge in [0.1, 0.15) is 0 Å². The first-order chi connectivity index (χ1) is 7.71. The Morgan fingerprint density at radius 3 is 2.25 bits per heavy atom. The Labute approximate surface area is 104 Å². The summed E-state index contributed by atoms with van der Waals surface area (Å²) in [5, 5.41) is 0. The molecule has 16 heavy (non-hydrogen) atoms. The van der Waals surface area contributed by atoms with Crippen molar-refractivity contribution in [2.24, 2.45) is 5.92 Å². The molecular formula is C14H22ClN. The van der Waals surface area contributed by atoms with Crippen LogP contribution in [0, 0.1) is 5.92 Å². The molecule has 2 heteroatoms. The lowest BCUT2D eigenvalue weighted by atomic mass is 10.1. The van der Waals surface area contributed by atoms with Crippen LogP contribution in [-0.4, -0.2) is 13.1 Å². The summed E-state index contributed by atoms with van der Waals surface area (Å²) in [4.78, 5) is 2.42. The molecule has 90 valence electrons. The van der Waals surface area contributed by atoms with Gasteiger partial charge in [-0.3, -0.25) is 0 Å². The average Bonchev–Trinajstić information content (AvgIpc) is 2.35. The van der Waals surface area contributed by atoms with Gasteiger partial charge in [0.05, 0.1) is 0 Å². The molecule has 0 aliphatic heterocycles. The average molecular weight is 240 g/mol. The molecule has 0 amide bonds. The summed E-state index contributed by atoms with van der Waals surface area (Å²) in [5.74, 6) is 1.34. The van der Waals surface area contributed by atoms with Gasteiger partial charge in [-0.1, -0.05) is 32.4 Å². The largest absolute Gasteiger partial charge is 0.372 e. The first kappa shape index (κ1) is 13.4. The molecule has 1 unspecified atom stereocenters. The van der Waals surface area contributed by atoms with E-state index in [4.69, 9.17) is 11.6 Å². The van der Waals surface area contributed by atoms with Crippen molar-refractivity contribution in [2.75, 3.05) is 18.0 Å². The second-order valence-electron chi connectivity index (χ2n) is 4.35. The minimum atomic E-state index is 0.595. The maximum absolute atomic E-state index is 5.79. The number of benzene rings is 1. The predicted octanol–water partition coefficient (Wildman–Crippen LogP) is 4.30. The highest BCUT2D eigenvalue weighted by Crippen LogP contribution is 2.18. The third kappa shape index (κ3) is 3.71. The number of hydrogen-bond donors (Lipinski definition) is 0. The number of rotatable bonds is 6. The molecule has 0 fully saturated rings. The molecule has 1 aromatic rings. The molecule has 1 nitrogen and oxygen atoms in total. The number of halogens is 1. The van der Waals surface area contributed by atoms with Crippen LogP contribution in [0.3, 0.4) is 0 Å². The lowest BCUT2D eigenvalue weighted by Gasteiger charge is -2.26. The quantitative estimate of drug-likeness (QED) is 0.669. The van der Waals surface area contributed by atoms with Crippen LogP contribution in [0.1, 0.15) is 32.8 Å². The van der Waals surface area contributed by atoms with Gasteiger partial charge in [0.25, 0.3) is 0 Å². The molecule has 0 saturated carbocycles. The monoisotopic (exact) mass is 239 g/mol. The van der Waals surface area contributed by atoms with Crippen LogP contribution in [0.4, 0.5) is 5.69 Å². The highest BCUT2D eigenvalue weighted by Gasteiger charge is 2.07. The van der Waals surface area contributed by atoms with E-state index in [0.29, 0.717) is 5.88 Å². The summed E-state index contributed by atoms with van der Waals surface area (Å²) in [6.45, 7) is 8.94. The van der Waals surface area contributed by atoms with E-state index in [1.54, 1.807) is 0 Å². The van der Waals surface area contributed by atoms with E-state index in [1.807, 2.05) is 0 Å². The Balaban J connectivity index is 2.70. The van der Waals surface area contributed by atoms with Crippen molar-refractivity contribution < 1.29 is 0 Å². The molecule has 0 N–H and O–H groups in total. The van der Waals surface area contributed by atoms with Crippen LogP contribution < -0.4 is 4.90 Å². The maximum atomic E-state index is 5.79. The van der Waals surface area contributed by atoms with Crippen molar-refractivity contribution >= 4 is 17.3 Å². The van der Waals surface area contributed by atoms with Crippen LogP contribution >= 0.6 is 11.6 Å². The molecule has 0 aliphatic rings. The fraction of sp³-hybridized carbons (Fsp3) is 0.571. The molecule has 0 saturated heterocycles. The van der Waals surface area contributed by atoms with Gasteiger partial charge in [-0.05, 0) is 30.5 Å². The van der Waals surface area contributed by atoms with E-state index in [1.165, 1.54) is 17.7 Å². The Hall–Kier alpha value is -0.690. The van der Waals surface area contributed by atoms with Gasteiger partial charge < -0.3 is 4.90 Å². The molecule has 1 aromatic carbocycles. The topological polar surface area (TPSA) is 3.24 Å². The normalized spacial score (nSPS) is 12.5. The molecule has 0 aromatic heterocycles. The van der Waals surface area contributed by atoms with Gasteiger partial charge in [-0.2, -0.15) is 0 Å². The second kappa shape index (κ2) is 6.80. The molecule has 0 radical (unpaired) electrons. The fourth-order valence-corrected chi connectivity index (χ4v) is 1.90. The van der Waals surface area contributed by atoms with E-state index in [0.717, 1.165) is 19.0 Å². The molecular weight excluding hydrogens is 218 g/mol. The van der Waals surface area contributed by atoms with Gasteiger partial charge in [0.15, 0.2) is 0 Å². The van der Waals surface area contributed by atoms with Gasteiger partial charge in [-0.15, -0.1) is 11.6 Å². The van der Waals surface area contributed by atoms with Gasteiger partial charge in [-0.25, -0.2) is 0 Å². The summed E-state index contributed by atoms with van der Waals surface area (Å²) in [7, 11) is 0. The molecule has 0 aliphatic carbocycles. The van der Waals surface area contributed by atoms with Gasteiger partial charge >= 0.3 is 0 Å². The van der Waals surface area contributed by atoms with Crippen molar-refractivity contribution in [2.45, 2.75) is 33.1 Å². The van der Waals surface area contributed by atoms with Crippen molar-refractivity contribution in [3.05, 3.63) is 29.8 Å². The summed E-state index contributed by atoms with van der Waals surface area (Å²) >= 11 is 5.79. The zero-order valence-corrected chi connectivity index (χ0v) is 11.3. The third-order valence-electron chi connectivity index (χ3n) is 3.07. The predicted molar refractivity (Wildman–Crippen MR) is 73.3 cm³/mol. The second-order valence-corrected chi connectivity index (χ2v) is 4.62. The standard InChI is InChI=1S/C14H22ClN/c1-4-12(3)11-16(5-2)14-8-6-13(10-15)7-9-14/h6-9,12H,4-5,10-11H2,1-3H3. The first-order valence-electron chi connectivity index (χ1n) is 6.11. The minimum absolute atomic E-state index is 0.595. The maximum Gasteiger partial charge on any atom is 0.0474 e. The van der Waals surface area contributed by atoms with E-state index in [-0.39, 0.29) is 0 Å². The molecule has 1 atom stereocenters. The van der Waals surface area contributed by atoms with Crippen molar-refractivity contribution in [3.8, 4) is 0 Å². The fourth-order valence-electron chi connectivity index (χ4n) is 1.72. The van der Waals surface area contributed by atoms with Crippen molar-refractivity contribution in [1.82, 2.24) is 0 Å². The third-order valence-corrected chi connectivity index (χ3v) is 3.38. The minimum Gasteiger partial charge on any atom is -0.372 e. The van der Waals surface area contributed by atoms with Crippen LogP contribution in [0.25, 0.3) is 0 Å². The Morgan fingerprint density at radius 1 is 1.19 bits per heavy atom. The lowest BCUT2D eigenvalue weighted by Crippen LogP contribution is -2.27. The zero-order valence-electron chi connectivity index (χ0n) is 10.5. The lowest BCUT2D eigenvalue weighted by molar-refractivity contribution is 0.548. The van der Waals surface area contributed by atoms with Crippen molar-refractivity contribution in [3.63, 3.8) is 0 Å². The van der Waals surface area contributed by atoms with Crippen LogP contribution in [0.5, 0.6) is 0 Å². The van der Waals surface area contributed by atoms with Crippen LogP contribution in [0.15, 0.2) is 24.3 Å². The summed E-state index contributed by atoms with van der Waals surface area (Å²) in [6.07, 6.45) is 1.23. The van der Waals surface area contributed by atoms with Crippen LogP contribution in [0.2, 0.25) is 0 Å². The number of hydrogen-bond acceptors (Lipinski definition) is 1. The number of nitrogens with zero attached hydrogens (tertiary/aromatic N) is 1. The molecule has 0 spiro atoms. The van der Waals surface area contributed by atoms with E-state index in [9.17, 15) is 0 Å². The Kier molecular flexibility index (Phi) is 5.68. The van der Waals surface area contributed by atoms with Crippen molar-refractivity contribution in [1.29, 1.82) is 0 Å². The van der Waals surface area contributed by atoms with E-state index >= 15 is 0 Å². The molecule has 1 rings (SSSR count). The highest BCUT2D eigenvalue weighted by atomic mass is 35.5.